The quantitative estimate of drug-likeness (QED) is 0.764. The van der Waals surface area contributed by atoms with E-state index in [1.54, 1.807) is 0 Å². The number of nitrogens with zero attached hydrogens (tertiary/aromatic N) is 3. The second kappa shape index (κ2) is 5.98. The molecule has 0 aliphatic carbocycles. The van der Waals surface area contributed by atoms with Crippen LogP contribution in [0.1, 0.15) is 50.6 Å². The molecule has 0 saturated heterocycles. The molecule has 0 spiro atoms. The van der Waals surface area contributed by atoms with Gasteiger partial charge in [0.1, 0.15) is 17.8 Å². The van der Waals surface area contributed by atoms with Gasteiger partial charge < -0.3 is 5.11 Å². The second-order valence-electron chi connectivity index (χ2n) is 7.16. The summed E-state index contributed by atoms with van der Waals surface area (Å²) in [6.45, 7) is 7.42. The monoisotopic (exact) mass is 344 g/mol. The summed E-state index contributed by atoms with van der Waals surface area (Å²) in [5.41, 5.74) is 1.78. The minimum atomic E-state index is -0.880. The topological polar surface area (TPSA) is 83.8 Å². The molecule has 1 unspecified atom stereocenters. The van der Waals surface area contributed by atoms with E-state index in [0.29, 0.717) is 0 Å². The highest BCUT2D eigenvalue weighted by Crippen LogP contribution is 2.27. The van der Waals surface area contributed by atoms with Crippen LogP contribution >= 0.6 is 0 Å². The first kappa shape index (κ1) is 17.1. The van der Waals surface area contributed by atoms with Crippen LogP contribution in [0.3, 0.4) is 0 Å². The predicted octanol–water partition coefficient (Wildman–Crippen LogP) is 3.20. The highest BCUT2D eigenvalue weighted by Gasteiger charge is 2.21. The summed E-state index contributed by atoms with van der Waals surface area (Å²) >= 11 is 0. The molecule has 0 saturated carbocycles. The molecular formula is C18H21FN4O2. The van der Waals surface area contributed by atoms with Crippen LogP contribution in [0.2, 0.25) is 0 Å². The maximum Gasteiger partial charge on any atom is 0.295 e. The molecule has 6 nitrogen and oxygen atoms in total. The maximum atomic E-state index is 13.3. The molecule has 2 aromatic heterocycles. The van der Waals surface area contributed by atoms with E-state index in [-0.39, 0.29) is 28.2 Å². The highest BCUT2D eigenvalue weighted by molar-refractivity contribution is 5.77. The summed E-state index contributed by atoms with van der Waals surface area (Å²) in [4.78, 5) is 18.1. The first-order valence-corrected chi connectivity index (χ1v) is 8.09. The van der Waals surface area contributed by atoms with Crippen molar-refractivity contribution in [3.05, 3.63) is 51.4 Å². The van der Waals surface area contributed by atoms with Gasteiger partial charge in [-0.25, -0.2) is 9.07 Å². The van der Waals surface area contributed by atoms with Crippen molar-refractivity contribution in [2.75, 3.05) is 0 Å². The van der Waals surface area contributed by atoms with Gasteiger partial charge in [-0.15, -0.1) is 0 Å². The number of rotatable bonds is 3. The molecule has 0 amide bonds. The van der Waals surface area contributed by atoms with E-state index in [4.69, 9.17) is 0 Å². The van der Waals surface area contributed by atoms with Gasteiger partial charge in [0.25, 0.3) is 11.6 Å². The number of alkyl halides is 1. The summed E-state index contributed by atoms with van der Waals surface area (Å²) in [6.07, 6.45) is 0. The van der Waals surface area contributed by atoms with E-state index in [2.05, 4.69) is 35.8 Å². The van der Waals surface area contributed by atoms with Crippen LogP contribution in [0.25, 0.3) is 11.0 Å². The van der Waals surface area contributed by atoms with Crippen molar-refractivity contribution in [2.24, 2.45) is 0 Å². The van der Waals surface area contributed by atoms with E-state index in [1.807, 2.05) is 31.2 Å². The van der Waals surface area contributed by atoms with E-state index in [9.17, 15) is 14.3 Å². The molecule has 2 N–H and O–H groups in total. The molecular weight excluding hydrogens is 323 g/mol. The number of aromatic nitrogens is 4. The van der Waals surface area contributed by atoms with Crippen LogP contribution in [0.15, 0.2) is 29.1 Å². The van der Waals surface area contributed by atoms with E-state index in [1.165, 1.54) is 10.2 Å². The van der Waals surface area contributed by atoms with E-state index < -0.39 is 18.2 Å². The molecule has 132 valence electrons. The minimum absolute atomic E-state index is 0.0157. The molecule has 1 atom stereocenters. The molecule has 7 heteroatoms. The SMILES string of the molecule is CC(c1ccc(C(C)(C)C)cc1)n1nc(CF)c2c(=O)[nH]c(O)nc21. The Morgan fingerprint density at radius 2 is 1.92 bits per heavy atom. The van der Waals surface area contributed by atoms with Crippen molar-refractivity contribution in [3.63, 3.8) is 0 Å². The maximum absolute atomic E-state index is 13.3. The third-order valence-corrected chi connectivity index (χ3v) is 4.37. The number of aromatic hydroxyl groups is 1. The molecule has 0 bridgehead atoms. The number of benzene rings is 1. The van der Waals surface area contributed by atoms with Gasteiger partial charge in [-0.2, -0.15) is 10.1 Å². The second-order valence-corrected chi connectivity index (χ2v) is 7.16. The standard InChI is InChI=1S/C18H21FN4O2/c1-10(11-5-7-12(8-6-11)18(2,3)4)23-15-14(13(9-19)22-23)16(24)21-17(25)20-15/h5-8,10H,9H2,1-4H3,(H2,20,21,24,25). The zero-order valence-corrected chi connectivity index (χ0v) is 14.7. The largest absolute Gasteiger partial charge is 0.480 e. The fourth-order valence-corrected chi connectivity index (χ4v) is 2.87. The lowest BCUT2D eigenvalue weighted by molar-refractivity contribution is 0.429. The Morgan fingerprint density at radius 1 is 1.28 bits per heavy atom. The Morgan fingerprint density at radius 3 is 2.48 bits per heavy atom. The van der Waals surface area contributed by atoms with Crippen molar-refractivity contribution in [1.29, 1.82) is 0 Å². The number of hydrogen-bond donors (Lipinski definition) is 2. The number of aromatic amines is 1. The van der Waals surface area contributed by atoms with Crippen LogP contribution in [0.5, 0.6) is 6.01 Å². The van der Waals surface area contributed by atoms with Crippen LogP contribution in [-0.2, 0) is 12.1 Å². The van der Waals surface area contributed by atoms with Gasteiger partial charge in [-0.05, 0) is 23.5 Å². The lowest BCUT2D eigenvalue weighted by atomic mass is 9.86. The van der Waals surface area contributed by atoms with Crippen molar-refractivity contribution in [1.82, 2.24) is 19.7 Å². The van der Waals surface area contributed by atoms with Crippen molar-refractivity contribution < 1.29 is 9.50 Å². The smallest absolute Gasteiger partial charge is 0.295 e. The van der Waals surface area contributed by atoms with Gasteiger partial charge in [0, 0.05) is 0 Å². The lowest BCUT2D eigenvalue weighted by Gasteiger charge is -2.20. The fourth-order valence-electron chi connectivity index (χ4n) is 2.87. The average Bonchev–Trinajstić information content (AvgIpc) is 2.92. The van der Waals surface area contributed by atoms with Gasteiger partial charge in [0.2, 0.25) is 0 Å². The number of hydrogen-bond acceptors (Lipinski definition) is 4. The zero-order valence-electron chi connectivity index (χ0n) is 14.7. The Balaban J connectivity index is 2.11. The molecule has 3 rings (SSSR count). The summed E-state index contributed by atoms with van der Waals surface area (Å²) in [7, 11) is 0. The summed E-state index contributed by atoms with van der Waals surface area (Å²) in [5, 5.41) is 13.9. The van der Waals surface area contributed by atoms with Gasteiger partial charge in [0.15, 0.2) is 5.65 Å². The summed E-state index contributed by atoms with van der Waals surface area (Å²) < 4.78 is 14.8. The Bertz CT molecular complexity index is 968. The van der Waals surface area contributed by atoms with Gasteiger partial charge in [-0.3, -0.25) is 9.78 Å². The molecule has 0 radical (unpaired) electrons. The first-order valence-electron chi connectivity index (χ1n) is 8.09. The molecule has 25 heavy (non-hydrogen) atoms. The predicted molar refractivity (Wildman–Crippen MR) is 93.6 cm³/mol. The fraction of sp³-hybridized carbons (Fsp3) is 0.389. The molecule has 2 heterocycles. The third kappa shape index (κ3) is 3.01. The Kier molecular flexibility index (Phi) is 4.10. The third-order valence-electron chi connectivity index (χ3n) is 4.37. The van der Waals surface area contributed by atoms with Crippen molar-refractivity contribution >= 4 is 11.0 Å². The van der Waals surface area contributed by atoms with Crippen LogP contribution in [0, 0.1) is 0 Å². The normalized spacial score (nSPS) is 13.3. The van der Waals surface area contributed by atoms with Crippen molar-refractivity contribution in [3.8, 4) is 6.01 Å². The van der Waals surface area contributed by atoms with Gasteiger partial charge >= 0.3 is 0 Å². The number of nitrogens with one attached hydrogen (secondary N) is 1. The highest BCUT2D eigenvalue weighted by atomic mass is 19.1. The lowest BCUT2D eigenvalue weighted by Crippen LogP contribution is -2.13. The number of H-pyrrole nitrogens is 1. The van der Waals surface area contributed by atoms with E-state index in [0.717, 1.165) is 5.56 Å². The minimum Gasteiger partial charge on any atom is -0.480 e. The van der Waals surface area contributed by atoms with Crippen LogP contribution < -0.4 is 5.56 Å². The van der Waals surface area contributed by atoms with Crippen molar-refractivity contribution in [2.45, 2.75) is 45.8 Å². The number of halogens is 1. The molecule has 0 fully saturated rings. The van der Waals surface area contributed by atoms with Gasteiger partial charge in [0.05, 0.1) is 6.04 Å². The summed E-state index contributed by atoms with van der Waals surface area (Å²) in [5.74, 6) is 0. The van der Waals surface area contributed by atoms with Crippen LogP contribution in [0.4, 0.5) is 4.39 Å². The Hall–Kier alpha value is -2.70. The van der Waals surface area contributed by atoms with Crippen LogP contribution in [-0.4, -0.2) is 24.9 Å². The summed E-state index contributed by atoms with van der Waals surface area (Å²) in [6, 6.07) is 7.28. The average molecular weight is 344 g/mol. The Labute approximate surface area is 144 Å². The number of fused-ring (bicyclic) bond motifs is 1. The molecule has 0 aliphatic rings. The molecule has 1 aromatic carbocycles. The first-order chi connectivity index (χ1) is 11.7. The van der Waals surface area contributed by atoms with E-state index >= 15 is 0 Å². The molecule has 3 aromatic rings. The van der Waals surface area contributed by atoms with Gasteiger partial charge in [-0.1, -0.05) is 45.0 Å². The zero-order chi connectivity index (χ0) is 18.4. The molecule has 0 aliphatic heterocycles.